The van der Waals surface area contributed by atoms with Gasteiger partial charge in [-0.15, -0.1) is 0 Å². The summed E-state index contributed by atoms with van der Waals surface area (Å²) >= 11 is 3.45. The van der Waals surface area contributed by atoms with E-state index in [0.717, 1.165) is 28.1 Å². The molecule has 1 amide bonds. The number of carbonyl (C=O) groups is 2. The minimum absolute atomic E-state index is 0. The van der Waals surface area contributed by atoms with Gasteiger partial charge in [-0.1, -0.05) is 54.9 Å². The summed E-state index contributed by atoms with van der Waals surface area (Å²) in [5, 5.41) is 4.58. The highest BCUT2D eigenvalue weighted by Gasteiger charge is 2.18. The Morgan fingerprint density at radius 2 is 1.62 bits per heavy atom. The maximum absolute atomic E-state index is 13.1. The maximum Gasteiger partial charge on any atom is 0.311 e. The van der Waals surface area contributed by atoms with Crippen molar-refractivity contribution in [3.8, 4) is 11.5 Å². The molecule has 34 heavy (non-hydrogen) atoms. The van der Waals surface area contributed by atoms with Crippen molar-refractivity contribution in [2.45, 2.75) is 33.6 Å². The Morgan fingerprint density at radius 1 is 0.941 bits per heavy atom. The average Bonchev–Trinajstić information content (AvgIpc) is 2.72. The maximum atomic E-state index is 13.1. The summed E-state index contributed by atoms with van der Waals surface area (Å²) in [5.41, 5.74) is 0.823. The Hall–Kier alpha value is -3.02. The van der Waals surface area contributed by atoms with Crippen LogP contribution in [0, 0.1) is 0 Å². The monoisotopic (exact) mass is 542 g/mol. The first kappa shape index (κ1) is 35.6. The van der Waals surface area contributed by atoms with Gasteiger partial charge in [0.2, 0.25) is 0 Å². The third kappa shape index (κ3) is 8.73. The summed E-state index contributed by atoms with van der Waals surface area (Å²) in [5.74, 6) is 0.0588. The Balaban J connectivity index is -0.00000192. The van der Waals surface area contributed by atoms with Crippen LogP contribution < -0.4 is 20.9 Å². The highest BCUT2D eigenvalue weighted by atomic mass is 79.9. The molecule has 0 bridgehead atoms. The molecule has 190 valence electrons. The number of esters is 1. The van der Waals surface area contributed by atoms with E-state index in [1.54, 1.807) is 37.4 Å². The normalized spacial score (nSPS) is 9.03. The summed E-state index contributed by atoms with van der Waals surface area (Å²) in [7, 11) is 1.54. The Bertz CT molecular complexity index is 1060. The second-order valence-electron chi connectivity index (χ2n) is 6.57. The summed E-state index contributed by atoms with van der Waals surface area (Å²) in [6, 6.07) is 16.3. The predicted molar refractivity (Wildman–Crippen MR) is 140 cm³/mol. The molecule has 0 saturated carbocycles. The number of ether oxygens (including phenoxy) is 2. The molecule has 0 aliphatic heterocycles. The number of unbranched alkanes of at least 4 members (excludes halogenated alkanes) is 1. The molecular formula is C24H35BrN2O7. The first-order chi connectivity index (χ1) is 14.0. The number of halogens is 1. The van der Waals surface area contributed by atoms with E-state index in [4.69, 9.17) is 9.47 Å². The highest BCUT2D eigenvalue weighted by Crippen LogP contribution is 2.31. The van der Waals surface area contributed by atoms with Crippen molar-refractivity contribution in [3.05, 3.63) is 64.6 Å². The minimum atomic E-state index is -0.380. The van der Waals surface area contributed by atoms with E-state index in [9.17, 15) is 9.59 Å². The number of amides is 1. The SMILES string of the molecule is C.CCCCC(=O)Oc1cc2ccc(Br)cc2cc1C(=O)Nc1ccccc1OC.N.O.O.O. The number of benzene rings is 3. The van der Waals surface area contributed by atoms with E-state index in [0.29, 0.717) is 17.9 Å². The molecule has 0 radical (unpaired) electrons. The lowest BCUT2D eigenvalue weighted by Crippen LogP contribution is -2.16. The summed E-state index contributed by atoms with van der Waals surface area (Å²) in [6.45, 7) is 2.01. The number of carbonyl (C=O) groups excluding carboxylic acids is 2. The van der Waals surface area contributed by atoms with Crippen molar-refractivity contribution >= 4 is 44.3 Å². The molecule has 0 fully saturated rings. The van der Waals surface area contributed by atoms with Crippen molar-refractivity contribution in [1.29, 1.82) is 0 Å². The second kappa shape index (κ2) is 16.6. The standard InChI is InChI=1S/C23H22BrNO4.CH4.H3N.3H2O/c1-3-4-9-22(26)29-21-14-15-10-11-17(24)12-16(15)13-18(21)23(27)25-19-7-5-6-8-20(19)28-2;;;;;/h5-8,10-14H,3-4,9H2,1-2H3,(H,25,27);1H4;1H3;3*1H2. The van der Waals surface area contributed by atoms with Crippen molar-refractivity contribution in [1.82, 2.24) is 6.15 Å². The lowest BCUT2D eigenvalue weighted by Gasteiger charge is -2.14. The Morgan fingerprint density at radius 3 is 2.26 bits per heavy atom. The molecule has 3 aromatic rings. The fourth-order valence-electron chi connectivity index (χ4n) is 2.94. The molecule has 9 nitrogen and oxygen atoms in total. The van der Waals surface area contributed by atoms with E-state index >= 15 is 0 Å². The zero-order chi connectivity index (χ0) is 20.8. The molecule has 10 N–H and O–H groups in total. The number of rotatable bonds is 7. The number of methoxy groups -OCH3 is 1. The van der Waals surface area contributed by atoms with Crippen molar-refractivity contribution in [2.75, 3.05) is 12.4 Å². The number of para-hydroxylation sites is 2. The van der Waals surface area contributed by atoms with Crippen LogP contribution in [0.3, 0.4) is 0 Å². The smallest absolute Gasteiger partial charge is 0.311 e. The molecule has 0 aliphatic rings. The van der Waals surface area contributed by atoms with Gasteiger partial charge in [0.1, 0.15) is 11.5 Å². The van der Waals surface area contributed by atoms with Gasteiger partial charge in [0.25, 0.3) is 5.91 Å². The van der Waals surface area contributed by atoms with Gasteiger partial charge in [0.15, 0.2) is 0 Å². The lowest BCUT2D eigenvalue weighted by molar-refractivity contribution is -0.134. The minimum Gasteiger partial charge on any atom is -0.495 e. The summed E-state index contributed by atoms with van der Waals surface area (Å²) < 4.78 is 11.8. The van der Waals surface area contributed by atoms with Crippen LogP contribution in [0.25, 0.3) is 10.8 Å². The Labute approximate surface area is 208 Å². The van der Waals surface area contributed by atoms with E-state index in [2.05, 4.69) is 21.2 Å². The summed E-state index contributed by atoms with van der Waals surface area (Å²) in [4.78, 5) is 25.3. The van der Waals surface area contributed by atoms with Gasteiger partial charge in [-0.05, 0) is 53.6 Å². The largest absolute Gasteiger partial charge is 0.495 e. The number of anilines is 1. The quantitative estimate of drug-likeness (QED) is 0.331. The van der Waals surface area contributed by atoms with Crippen molar-refractivity contribution in [2.24, 2.45) is 0 Å². The third-order valence-electron chi connectivity index (χ3n) is 4.46. The molecule has 3 aromatic carbocycles. The second-order valence-corrected chi connectivity index (χ2v) is 7.49. The predicted octanol–water partition coefficient (Wildman–Crippen LogP) is 4.28. The Kier molecular flexibility index (Phi) is 17.3. The molecule has 0 unspecified atom stereocenters. The van der Waals surface area contributed by atoms with Crippen LogP contribution in [-0.2, 0) is 4.79 Å². The number of nitrogens with one attached hydrogen (secondary N) is 1. The van der Waals surface area contributed by atoms with Gasteiger partial charge < -0.3 is 37.4 Å². The number of hydrogen-bond acceptors (Lipinski definition) is 5. The molecule has 10 heteroatoms. The van der Waals surface area contributed by atoms with Crippen LogP contribution in [0.2, 0.25) is 0 Å². The molecular weight excluding hydrogens is 508 g/mol. The van der Waals surface area contributed by atoms with Gasteiger partial charge in [0, 0.05) is 10.9 Å². The van der Waals surface area contributed by atoms with Crippen molar-refractivity contribution < 1.29 is 35.5 Å². The zero-order valence-corrected chi connectivity index (χ0v) is 20.1. The van der Waals surface area contributed by atoms with Crippen LogP contribution >= 0.6 is 15.9 Å². The average molecular weight is 543 g/mol. The van der Waals surface area contributed by atoms with Crippen LogP contribution in [0.5, 0.6) is 11.5 Å². The van der Waals surface area contributed by atoms with E-state index < -0.39 is 0 Å². The molecule has 0 heterocycles. The fraction of sp³-hybridized carbons (Fsp3) is 0.250. The van der Waals surface area contributed by atoms with Crippen LogP contribution in [0.15, 0.2) is 59.1 Å². The van der Waals surface area contributed by atoms with Gasteiger partial charge in [0.05, 0.1) is 18.4 Å². The molecule has 0 aliphatic carbocycles. The van der Waals surface area contributed by atoms with Gasteiger partial charge in [-0.2, -0.15) is 0 Å². The molecule has 0 atom stereocenters. The third-order valence-corrected chi connectivity index (χ3v) is 4.95. The highest BCUT2D eigenvalue weighted by molar-refractivity contribution is 9.10. The lowest BCUT2D eigenvalue weighted by atomic mass is 10.0. The number of hydrogen-bond donors (Lipinski definition) is 2. The van der Waals surface area contributed by atoms with Crippen LogP contribution in [0.1, 0.15) is 44.0 Å². The topological polar surface area (TPSA) is 194 Å². The summed E-state index contributed by atoms with van der Waals surface area (Å²) in [6.07, 6.45) is 1.94. The molecule has 0 aromatic heterocycles. The van der Waals surface area contributed by atoms with Crippen LogP contribution in [0.4, 0.5) is 5.69 Å². The zero-order valence-electron chi connectivity index (χ0n) is 18.5. The van der Waals surface area contributed by atoms with Gasteiger partial charge in [-0.3, -0.25) is 9.59 Å². The molecule has 0 spiro atoms. The van der Waals surface area contributed by atoms with Crippen molar-refractivity contribution in [3.63, 3.8) is 0 Å². The van der Waals surface area contributed by atoms with Gasteiger partial charge >= 0.3 is 5.97 Å². The van der Waals surface area contributed by atoms with Gasteiger partial charge in [-0.25, -0.2) is 0 Å². The molecule has 0 saturated heterocycles. The van der Waals surface area contributed by atoms with E-state index in [-0.39, 0.29) is 53.2 Å². The number of fused-ring (bicyclic) bond motifs is 1. The van der Waals surface area contributed by atoms with E-state index in [1.165, 1.54) is 0 Å². The fourth-order valence-corrected chi connectivity index (χ4v) is 3.32. The first-order valence-corrected chi connectivity index (χ1v) is 10.2. The van der Waals surface area contributed by atoms with Crippen LogP contribution in [-0.4, -0.2) is 35.4 Å². The molecule has 3 rings (SSSR count). The first-order valence-electron chi connectivity index (χ1n) is 9.40. The van der Waals surface area contributed by atoms with E-state index in [1.807, 2.05) is 31.2 Å².